The number of hydrogen-bond acceptors (Lipinski definition) is 3. The summed E-state index contributed by atoms with van der Waals surface area (Å²) in [5.74, 6) is -1.44. The molecule has 3 rings (SSSR count). The summed E-state index contributed by atoms with van der Waals surface area (Å²) in [5, 5.41) is 0. The number of carbonyl (C=O) groups excluding carboxylic acids is 2. The number of benzene rings is 1. The summed E-state index contributed by atoms with van der Waals surface area (Å²) in [6, 6.07) is 9.60. The van der Waals surface area contributed by atoms with Gasteiger partial charge in [0.25, 0.3) is 0 Å². The van der Waals surface area contributed by atoms with E-state index in [4.69, 9.17) is 4.74 Å². The van der Waals surface area contributed by atoms with Gasteiger partial charge in [-0.25, -0.2) is 4.39 Å². The van der Waals surface area contributed by atoms with Gasteiger partial charge in [0.1, 0.15) is 5.82 Å². The van der Waals surface area contributed by atoms with Crippen LogP contribution in [0, 0.1) is 5.82 Å². The van der Waals surface area contributed by atoms with Crippen LogP contribution in [0.2, 0.25) is 0 Å². The number of unbranched alkanes of at least 4 members (excludes halogenated alkanes) is 9. The fraction of sp³-hybridized carbons (Fsp3) is 0.586. The zero-order valence-corrected chi connectivity index (χ0v) is 20.7. The van der Waals surface area contributed by atoms with Crippen LogP contribution in [0.1, 0.15) is 118 Å². The molecule has 0 saturated carbocycles. The molecule has 0 saturated heterocycles. The topological polar surface area (TPSA) is 48.3 Å². The average Bonchev–Trinajstić information content (AvgIpc) is 3.14. The lowest BCUT2D eigenvalue weighted by Gasteiger charge is -2.16. The number of rotatable bonds is 14. The Morgan fingerprint density at radius 3 is 2.29 bits per heavy atom. The number of fused-ring (bicyclic) bond motifs is 1. The van der Waals surface area contributed by atoms with Crippen molar-refractivity contribution in [3.05, 3.63) is 59.2 Å². The van der Waals surface area contributed by atoms with Crippen molar-refractivity contribution in [2.75, 3.05) is 6.61 Å². The standard InChI is InChI=1S/C29H40FNO3/c1-2-3-4-5-6-7-8-9-10-15-22-34-29(33)24-17-13-14-21-31-26(24)19-20-27(31)28(32)23-16-11-12-18-25(23)30/h11-12,16,18-20,24H,2-10,13-15,17,21-22H2,1H3. The molecule has 0 radical (unpaired) electrons. The number of ether oxygens (including phenoxy) is 1. The first kappa shape index (κ1) is 26.2. The minimum atomic E-state index is -0.524. The van der Waals surface area contributed by atoms with Gasteiger partial charge >= 0.3 is 5.97 Å². The van der Waals surface area contributed by atoms with Crippen LogP contribution in [0.3, 0.4) is 0 Å². The number of esters is 1. The van der Waals surface area contributed by atoms with E-state index in [1.165, 1.54) is 63.5 Å². The van der Waals surface area contributed by atoms with E-state index in [0.717, 1.165) is 31.4 Å². The Hall–Kier alpha value is -2.43. The van der Waals surface area contributed by atoms with Crippen LogP contribution in [0.15, 0.2) is 36.4 Å². The summed E-state index contributed by atoms with van der Waals surface area (Å²) in [6.45, 7) is 3.35. The lowest BCUT2D eigenvalue weighted by Crippen LogP contribution is -2.20. The fourth-order valence-electron chi connectivity index (χ4n) is 4.89. The molecule has 2 aromatic rings. The Kier molecular flexibility index (Phi) is 10.8. The molecule has 186 valence electrons. The highest BCUT2D eigenvalue weighted by atomic mass is 19.1. The second-order valence-corrected chi connectivity index (χ2v) is 9.50. The lowest BCUT2D eigenvalue weighted by atomic mass is 10.00. The van der Waals surface area contributed by atoms with E-state index in [9.17, 15) is 14.0 Å². The first-order valence-corrected chi connectivity index (χ1v) is 13.3. The van der Waals surface area contributed by atoms with Crippen molar-refractivity contribution in [2.45, 2.75) is 103 Å². The van der Waals surface area contributed by atoms with Crippen molar-refractivity contribution < 1.29 is 18.7 Å². The monoisotopic (exact) mass is 469 g/mol. The van der Waals surface area contributed by atoms with E-state index < -0.39 is 5.82 Å². The van der Waals surface area contributed by atoms with Gasteiger partial charge in [0.15, 0.2) is 0 Å². The Balaban J connectivity index is 1.47. The van der Waals surface area contributed by atoms with Gasteiger partial charge in [-0.1, -0.05) is 83.3 Å². The molecule has 2 heterocycles. The highest BCUT2D eigenvalue weighted by Gasteiger charge is 2.30. The van der Waals surface area contributed by atoms with Crippen molar-refractivity contribution in [1.29, 1.82) is 0 Å². The molecular weight excluding hydrogens is 429 g/mol. The van der Waals surface area contributed by atoms with Crippen LogP contribution in [0.5, 0.6) is 0 Å². The third-order valence-electron chi connectivity index (χ3n) is 6.87. The highest BCUT2D eigenvalue weighted by Crippen LogP contribution is 2.31. The van der Waals surface area contributed by atoms with Crippen molar-refractivity contribution in [1.82, 2.24) is 4.57 Å². The zero-order chi connectivity index (χ0) is 24.2. The smallest absolute Gasteiger partial charge is 0.314 e. The SMILES string of the molecule is CCCCCCCCCCCCOC(=O)C1CCCCn2c(C(=O)c3ccccc3F)ccc21. The second kappa shape index (κ2) is 14.1. The maximum Gasteiger partial charge on any atom is 0.314 e. The Bertz CT molecular complexity index is 920. The molecule has 0 amide bonds. The molecule has 1 aromatic heterocycles. The van der Waals surface area contributed by atoms with Gasteiger partial charge in [-0.2, -0.15) is 0 Å². The van der Waals surface area contributed by atoms with Gasteiger partial charge in [-0.05, 0) is 43.5 Å². The van der Waals surface area contributed by atoms with E-state index >= 15 is 0 Å². The zero-order valence-electron chi connectivity index (χ0n) is 20.7. The van der Waals surface area contributed by atoms with Crippen LogP contribution in [-0.2, 0) is 16.1 Å². The van der Waals surface area contributed by atoms with Crippen LogP contribution >= 0.6 is 0 Å². The van der Waals surface area contributed by atoms with Crippen LogP contribution in [0.4, 0.5) is 4.39 Å². The largest absolute Gasteiger partial charge is 0.465 e. The molecule has 5 heteroatoms. The number of ketones is 1. The van der Waals surface area contributed by atoms with Gasteiger partial charge in [0, 0.05) is 12.2 Å². The number of halogens is 1. The third kappa shape index (κ3) is 7.28. The number of carbonyl (C=O) groups is 2. The normalized spacial score (nSPS) is 15.5. The van der Waals surface area contributed by atoms with Crippen LogP contribution in [-0.4, -0.2) is 22.9 Å². The maximum absolute atomic E-state index is 14.2. The first-order chi connectivity index (χ1) is 16.6. The molecule has 1 aliphatic heterocycles. The van der Waals surface area contributed by atoms with E-state index in [-0.39, 0.29) is 23.2 Å². The van der Waals surface area contributed by atoms with Crippen molar-refractivity contribution >= 4 is 11.8 Å². The van der Waals surface area contributed by atoms with Crippen LogP contribution < -0.4 is 0 Å². The lowest BCUT2D eigenvalue weighted by molar-refractivity contribution is -0.146. The molecule has 0 fully saturated rings. The predicted molar refractivity (Wildman–Crippen MR) is 134 cm³/mol. The van der Waals surface area contributed by atoms with Gasteiger partial charge < -0.3 is 9.30 Å². The van der Waals surface area contributed by atoms with Crippen molar-refractivity contribution in [3.63, 3.8) is 0 Å². The molecule has 34 heavy (non-hydrogen) atoms. The first-order valence-electron chi connectivity index (χ1n) is 13.3. The molecule has 1 unspecified atom stereocenters. The summed E-state index contributed by atoms with van der Waals surface area (Å²) in [5.41, 5.74) is 1.31. The van der Waals surface area contributed by atoms with E-state index in [1.807, 2.05) is 10.6 Å². The summed E-state index contributed by atoms with van der Waals surface area (Å²) >= 11 is 0. The Labute approximate surface area is 203 Å². The molecule has 4 nitrogen and oxygen atoms in total. The van der Waals surface area contributed by atoms with Gasteiger partial charge in [0.2, 0.25) is 5.78 Å². The summed E-state index contributed by atoms with van der Waals surface area (Å²) in [4.78, 5) is 25.9. The third-order valence-corrected chi connectivity index (χ3v) is 6.87. The number of aromatic nitrogens is 1. The molecule has 1 atom stereocenters. The van der Waals surface area contributed by atoms with Gasteiger partial charge in [-0.15, -0.1) is 0 Å². The quantitative estimate of drug-likeness (QED) is 0.163. The van der Waals surface area contributed by atoms with Crippen molar-refractivity contribution in [3.8, 4) is 0 Å². The highest BCUT2D eigenvalue weighted by molar-refractivity contribution is 6.08. The Morgan fingerprint density at radius 1 is 0.912 bits per heavy atom. The van der Waals surface area contributed by atoms with E-state index in [1.54, 1.807) is 18.2 Å². The number of hydrogen-bond donors (Lipinski definition) is 0. The summed E-state index contributed by atoms with van der Waals surface area (Å²) in [6.07, 6.45) is 14.9. The molecule has 0 spiro atoms. The van der Waals surface area contributed by atoms with Gasteiger partial charge in [-0.3, -0.25) is 9.59 Å². The van der Waals surface area contributed by atoms with Crippen LogP contribution in [0.25, 0.3) is 0 Å². The molecule has 0 aliphatic carbocycles. The minimum Gasteiger partial charge on any atom is -0.465 e. The molecule has 0 N–H and O–H groups in total. The summed E-state index contributed by atoms with van der Waals surface area (Å²) < 4.78 is 21.7. The molecular formula is C29H40FNO3. The fourth-order valence-corrected chi connectivity index (χ4v) is 4.89. The summed E-state index contributed by atoms with van der Waals surface area (Å²) in [7, 11) is 0. The van der Waals surface area contributed by atoms with Gasteiger partial charge in [0.05, 0.1) is 23.8 Å². The van der Waals surface area contributed by atoms with E-state index in [0.29, 0.717) is 25.3 Å². The molecule has 1 aliphatic rings. The average molecular weight is 470 g/mol. The predicted octanol–water partition coefficient (Wildman–Crippen LogP) is 7.59. The molecule has 0 bridgehead atoms. The van der Waals surface area contributed by atoms with Crippen molar-refractivity contribution in [2.24, 2.45) is 0 Å². The molecule has 1 aromatic carbocycles. The Morgan fingerprint density at radius 2 is 1.59 bits per heavy atom. The minimum absolute atomic E-state index is 0.0627. The maximum atomic E-state index is 14.2. The second-order valence-electron chi connectivity index (χ2n) is 9.50. The number of nitrogens with zero attached hydrogens (tertiary/aromatic N) is 1. The van der Waals surface area contributed by atoms with E-state index in [2.05, 4.69) is 6.92 Å².